The number of hydrogen-bond donors (Lipinski definition) is 1. The van der Waals surface area contributed by atoms with Crippen molar-refractivity contribution in [3.05, 3.63) is 75.9 Å². The first-order chi connectivity index (χ1) is 16.9. The molecule has 1 aliphatic heterocycles. The van der Waals surface area contributed by atoms with Gasteiger partial charge in [0.25, 0.3) is 5.91 Å². The highest BCUT2D eigenvalue weighted by Gasteiger charge is 2.38. The van der Waals surface area contributed by atoms with Crippen molar-refractivity contribution >= 4 is 29.2 Å². The molecule has 5 rings (SSSR count). The fraction of sp³-hybridized carbons (Fsp3) is 0.308. The van der Waals surface area contributed by atoms with Crippen LogP contribution >= 0.6 is 11.6 Å². The summed E-state index contributed by atoms with van der Waals surface area (Å²) in [7, 11) is 0. The number of pyridine rings is 1. The fourth-order valence-electron chi connectivity index (χ4n) is 4.18. The molecule has 1 aromatic carbocycles. The van der Waals surface area contributed by atoms with E-state index in [1.165, 1.54) is 18.3 Å². The molecule has 178 valence electrons. The number of benzene rings is 1. The van der Waals surface area contributed by atoms with Crippen molar-refractivity contribution in [1.29, 1.82) is 0 Å². The van der Waals surface area contributed by atoms with Crippen LogP contribution in [0.4, 0.5) is 10.2 Å². The van der Waals surface area contributed by atoms with Crippen molar-refractivity contribution < 1.29 is 14.0 Å². The Labute approximate surface area is 207 Å². The standard InChI is InChI=1S/C26H23ClFN5O2/c1-16-12-18(3-2-17-4-8-20(28)9-5-17)13-29-24(16)31-25(34)23-22(27)14-30-33(23)21-10-11-32(15-21)26(35)19-6-7-19/h4-5,8-9,12-14,19,21H,6-7,10-11,15H2,1H3,(H,29,31,34). The first kappa shape index (κ1) is 23.1. The van der Waals surface area contributed by atoms with Crippen LogP contribution in [0.3, 0.4) is 0 Å². The maximum absolute atomic E-state index is 13.1. The predicted molar refractivity (Wildman–Crippen MR) is 130 cm³/mol. The zero-order chi connectivity index (χ0) is 24.5. The summed E-state index contributed by atoms with van der Waals surface area (Å²) in [5.74, 6) is 5.98. The van der Waals surface area contributed by atoms with E-state index in [9.17, 15) is 14.0 Å². The van der Waals surface area contributed by atoms with Crippen molar-refractivity contribution in [1.82, 2.24) is 19.7 Å². The SMILES string of the molecule is Cc1cc(C#Cc2ccc(F)cc2)cnc1NC(=O)c1c(Cl)cnn1C1CCN(C(=O)C2CC2)C1. The van der Waals surface area contributed by atoms with Crippen molar-refractivity contribution in [2.24, 2.45) is 5.92 Å². The van der Waals surface area contributed by atoms with Crippen LogP contribution in [0.5, 0.6) is 0 Å². The highest BCUT2D eigenvalue weighted by atomic mass is 35.5. The largest absolute Gasteiger partial charge is 0.340 e. The van der Waals surface area contributed by atoms with Gasteiger partial charge in [0, 0.05) is 36.3 Å². The minimum absolute atomic E-state index is 0.107. The van der Waals surface area contributed by atoms with Gasteiger partial charge in [0.15, 0.2) is 0 Å². The van der Waals surface area contributed by atoms with Crippen molar-refractivity contribution in [2.45, 2.75) is 32.2 Å². The second kappa shape index (κ2) is 9.51. The lowest BCUT2D eigenvalue weighted by Gasteiger charge is -2.18. The molecule has 7 nitrogen and oxygen atoms in total. The molecule has 3 heterocycles. The van der Waals surface area contributed by atoms with Crippen LogP contribution in [0.2, 0.25) is 5.02 Å². The summed E-state index contributed by atoms with van der Waals surface area (Å²) in [5.41, 5.74) is 2.33. The number of aryl methyl sites for hydroxylation is 1. The van der Waals surface area contributed by atoms with E-state index in [0.29, 0.717) is 30.0 Å². The number of amides is 2. The average Bonchev–Trinajstić information content (AvgIpc) is 3.45. The molecule has 1 N–H and O–H groups in total. The third-order valence-electron chi connectivity index (χ3n) is 6.22. The summed E-state index contributed by atoms with van der Waals surface area (Å²) in [6.07, 6.45) is 5.66. The first-order valence-electron chi connectivity index (χ1n) is 11.5. The van der Waals surface area contributed by atoms with Crippen LogP contribution in [-0.4, -0.2) is 44.6 Å². The molecule has 0 spiro atoms. The van der Waals surface area contributed by atoms with Crippen LogP contribution in [-0.2, 0) is 4.79 Å². The number of anilines is 1. The number of nitrogens with zero attached hydrogens (tertiary/aromatic N) is 4. The van der Waals surface area contributed by atoms with Gasteiger partial charge in [-0.05, 0) is 62.1 Å². The number of likely N-dealkylation sites (tertiary alicyclic amines) is 1. The lowest BCUT2D eigenvalue weighted by atomic mass is 10.1. The fourth-order valence-corrected chi connectivity index (χ4v) is 4.40. The van der Waals surface area contributed by atoms with E-state index in [0.717, 1.165) is 24.8 Å². The number of halogens is 2. The number of nitrogens with one attached hydrogen (secondary N) is 1. The van der Waals surface area contributed by atoms with E-state index in [-0.39, 0.29) is 34.4 Å². The van der Waals surface area contributed by atoms with Crippen LogP contribution in [0.1, 0.15) is 52.5 Å². The van der Waals surface area contributed by atoms with E-state index < -0.39 is 5.91 Å². The van der Waals surface area contributed by atoms with Gasteiger partial charge in [-0.1, -0.05) is 23.4 Å². The van der Waals surface area contributed by atoms with Crippen molar-refractivity contribution in [3.63, 3.8) is 0 Å². The lowest BCUT2D eigenvalue weighted by Crippen LogP contribution is -2.31. The van der Waals surface area contributed by atoms with Crippen LogP contribution in [0.25, 0.3) is 0 Å². The smallest absolute Gasteiger partial charge is 0.276 e. The third-order valence-corrected chi connectivity index (χ3v) is 6.50. The van der Waals surface area contributed by atoms with E-state index in [2.05, 4.69) is 27.2 Å². The number of carbonyl (C=O) groups is 2. The maximum Gasteiger partial charge on any atom is 0.276 e. The number of hydrogen-bond acceptors (Lipinski definition) is 4. The van der Waals surface area contributed by atoms with Crippen molar-refractivity contribution in [3.8, 4) is 11.8 Å². The van der Waals surface area contributed by atoms with Gasteiger partial charge in [0.05, 0.1) is 17.3 Å². The Morgan fingerprint density at radius 2 is 1.86 bits per heavy atom. The molecule has 1 saturated carbocycles. The summed E-state index contributed by atoms with van der Waals surface area (Å²) < 4.78 is 14.7. The predicted octanol–water partition coefficient (Wildman–Crippen LogP) is 4.21. The Bertz CT molecular complexity index is 1350. The quantitative estimate of drug-likeness (QED) is 0.554. The van der Waals surface area contributed by atoms with E-state index in [4.69, 9.17) is 11.6 Å². The highest BCUT2D eigenvalue weighted by molar-refractivity contribution is 6.34. The molecule has 3 aromatic rings. The van der Waals surface area contributed by atoms with Gasteiger partial charge in [0.2, 0.25) is 5.91 Å². The van der Waals surface area contributed by atoms with Gasteiger partial charge in [-0.3, -0.25) is 14.3 Å². The first-order valence-corrected chi connectivity index (χ1v) is 11.8. The molecule has 2 amide bonds. The molecule has 1 unspecified atom stereocenters. The van der Waals surface area contributed by atoms with E-state index >= 15 is 0 Å². The van der Waals surface area contributed by atoms with Gasteiger partial charge in [-0.15, -0.1) is 0 Å². The zero-order valence-electron chi connectivity index (χ0n) is 19.1. The Balaban J connectivity index is 1.29. The molecule has 1 aliphatic carbocycles. The lowest BCUT2D eigenvalue weighted by molar-refractivity contribution is -0.131. The topological polar surface area (TPSA) is 80.1 Å². The summed E-state index contributed by atoms with van der Waals surface area (Å²) in [6, 6.07) is 7.64. The van der Waals surface area contributed by atoms with Gasteiger partial charge >= 0.3 is 0 Å². The highest BCUT2D eigenvalue weighted by Crippen LogP contribution is 2.34. The molecular weight excluding hydrogens is 469 g/mol. The molecule has 9 heteroatoms. The second-order valence-corrected chi connectivity index (χ2v) is 9.29. The van der Waals surface area contributed by atoms with Gasteiger partial charge in [0.1, 0.15) is 17.3 Å². The maximum atomic E-state index is 13.1. The van der Waals surface area contributed by atoms with Gasteiger partial charge in [-0.2, -0.15) is 5.10 Å². The average molecular weight is 492 g/mol. The summed E-state index contributed by atoms with van der Waals surface area (Å²) >= 11 is 6.33. The Hall–Kier alpha value is -3.70. The molecule has 1 atom stereocenters. The van der Waals surface area contributed by atoms with Crippen molar-refractivity contribution in [2.75, 3.05) is 18.4 Å². The normalized spacial score (nSPS) is 17.1. The Kier molecular flexibility index (Phi) is 6.27. The molecular formula is C26H23ClFN5O2. The third kappa shape index (κ3) is 5.05. The van der Waals surface area contributed by atoms with Gasteiger partial charge in [-0.25, -0.2) is 9.37 Å². The minimum atomic E-state index is -0.416. The van der Waals surface area contributed by atoms with Gasteiger partial charge < -0.3 is 10.2 Å². The minimum Gasteiger partial charge on any atom is -0.340 e. The molecule has 1 saturated heterocycles. The summed E-state index contributed by atoms with van der Waals surface area (Å²) in [6.45, 7) is 2.99. The Morgan fingerprint density at radius 3 is 2.57 bits per heavy atom. The van der Waals surface area contributed by atoms with E-state index in [1.807, 2.05) is 17.9 Å². The number of carbonyl (C=O) groups excluding carboxylic acids is 2. The number of rotatable bonds is 4. The summed E-state index contributed by atoms with van der Waals surface area (Å²) in [4.78, 5) is 31.8. The van der Waals surface area contributed by atoms with Crippen LogP contribution in [0, 0.1) is 30.5 Å². The molecule has 0 radical (unpaired) electrons. The molecule has 0 bridgehead atoms. The monoisotopic (exact) mass is 491 g/mol. The zero-order valence-corrected chi connectivity index (χ0v) is 19.8. The Morgan fingerprint density at radius 1 is 1.11 bits per heavy atom. The molecule has 35 heavy (non-hydrogen) atoms. The molecule has 2 fully saturated rings. The van der Waals surface area contributed by atoms with Crippen LogP contribution in [0.15, 0.2) is 42.7 Å². The number of aromatic nitrogens is 3. The molecule has 2 aromatic heterocycles. The summed E-state index contributed by atoms with van der Waals surface area (Å²) in [5, 5.41) is 7.40. The molecule has 2 aliphatic rings. The van der Waals surface area contributed by atoms with E-state index in [1.54, 1.807) is 23.0 Å². The second-order valence-electron chi connectivity index (χ2n) is 8.89. The van der Waals surface area contributed by atoms with Crippen LogP contribution < -0.4 is 5.32 Å².